The summed E-state index contributed by atoms with van der Waals surface area (Å²) in [6, 6.07) is 5.26. The maximum Gasteiger partial charge on any atom is 0.320 e. The van der Waals surface area contributed by atoms with Crippen LogP contribution in [0, 0.1) is 0 Å². The molecule has 0 bridgehead atoms. The van der Waals surface area contributed by atoms with Gasteiger partial charge < -0.3 is 19.3 Å². The molecule has 3 amide bonds. The molecular weight excluding hydrogens is 358 g/mol. The number of carbonyl (C=O) groups excluding carboxylic acids is 2. The number of hydrogen-bond acceptors (Lipinski definition) is 5. The van der Waals surface area contributed by atoms with Crippen molar-refractivity contribution in [2.45, 2.75) is 38.4 Å². The molecule has 1 saturated heterocycles. The quantitative estimate of drug-likeness (QED) is 0.785. The van der Waals surface area contributed by atoms with E-state index in [1.165, 1.54) is 0 Å². The minimum atomic E-state index is -0.0986. The highest BCUT2D eigenvalue weighted by Crippen LogP contribution is 2.31. The van der Waals surface area contributed by atoms with Crippen LogP contribution < -0.4 is 0 Å². The van der Waals surface area contributed by atoms with E-state index >= 15 is 0 Å². The first-order valence-electron chi connectivity index (χ1n) is 9.66. The Labute approximate surface area is 164 Å². The Kier molecular flexibility index (Phi) is 4.97. The van der Waals surface area contributed by atoms with Gasteiger partial charge in [-0.25, -0.2) is 4.79 Å². The second kappa shape index (κ2) is 7.57. The maximum atomic E-state index is 12.7. The lowest BCUT2D eigenvalue weighted by Crippen LogP contribution is -2.45. The smallest absolute Gasteiger partial charge is 0.320 e. The number of carbonyl (C=O) groups is 2. The molecule has 2 aromatic rings. The molecule has 0 spiro atoms. The van der Waals surface area contributed by atoms with Crippen molar-refractivity contribution in [2.24, 2.45) is 0 Å². The molecule has 4 rings (SSSR count). The Morgan fingerprint density at radius 3 is 2.71 bits per heavy atom. The van der Waals surface area contributed by atoms with Crippen molar-refractivity contribution in [3.63, 3.8) is 0 Å². The second-order valence-electron chi connectivity index (χ2n) is 7.45. The number of pyridine rings is 1. The number of hydrogen-bond donors (Lipinski definition) is 0. The first-order valence-corrected chi connectivity index (χ1v) is 9.66. The van der Waals surface area contributed by atoms with Gasteiger partial charge >= 0.3 is 6.03 Å². The predicted molar refractivity (Wildman–Crippen MR) is 101 cm³/mol. The molecule has 2 aliphatic rings. The van der Waals surface area contributed by atoms with Gasteiger partial charge in [0.25, 0.3) is 5.91 Å². The molecule has 9 nitrogen and oxygen atoms in total. The van der Waals surface area contributed by atoms with E-state index in [0.717, 1.165) is 37.5 Å². The maximum absolute atomic E-state index is 12.7. The van der Waals surface area contributed by atoms with Crippen LogP contribution in [0.2, 0.25) is 0 Å². The van der Waals surface area contributed by atoms with Gasteiger partial charge in [-0.05, 0) is 31.4 Å². The molecule has 0 radical (unpaired) electrons. The molecule has 148 valence electrons. The molecule has 0 aromatic carbocycles. The van der Waals surface area contributed by atoms with E-state index in [4.69, 9.17) is 0 Å². The lowest BCUT2D eigenvalue weighted by Gasteiger charge is -2.37. The minimum absolute atomic E-state index is 0.00446. The van der Waals surface area contributed by atoms with E-state index in [2.05, 4.69) is 19.7 Å². The summed E-state index contributed by atoms with van der Waals surface area (Å²) in [6.45, 7) is 2.32. The highest BCUT2D eigenvalue weighted by Gasteiger charge is 2.35. The zero-order valence-corrected chi connectivity index (χ0v) is 16.3. The van der Waals surface area contributed by atoms with Gasteiger partial charge in [-0.15, -0.1) is 10.2 Å². The third-order valence-electron chi connectivity index (χ3n) is 5.38. The Morgan fingerprint density at radius 1 is 1.11 bits per heavy atom. The summed E-state index contributed by atoms with van der Waals surface area (Å²) in [6.07, 6.45) is 4.57. The lowest BCUT2D eigenvalue weighted by atomic mass is 10.0. The molecule has 1 fully saturated rings. The van der Waals surface area contributed by atoms with Crippen molar-refractivity contribution in [1.82, 2.24) is 34.4 Å². The van der Waals surface area contributed by atoms with Gasteiger partial charge in [0.1, 0.15) is 5.69 Å². The molecule has 0 N–H and O–H groups in total. The highest BCUT2D eigenvalue weighted by atomic mass is 16.2. The van der Waals surface area contributed by atoms with Crippen molar-refractivity contribution < 1.29 is 9.59 Å². The van der Waals surface area contributed by atoms with E-state index < -0.39 is 0 Å². The number of piperidine rings is 1. The van der Waals surface area contributed by atoms with Gasteiger partial charge in [0, 0.05) is 39.9 Å². The van der Waals surface area contributed by atoms with E-state index in [0.29, 0.717) is 25.3 Å². The predicted octanol–water partition coefficient (Wildman–Crippen LogP) is 1.54. The van der Waals surface area contributed by atoms with Crippen molar-refractivity contribution in [2.75, 3.05) is 27.2 Å². The molecule has 0 unspecified atom stereocenters. The van der Waals surface area contributed by atoms with Crippen LogP contribution in [0.3, 0.4) is 0 Å². The van der Waals surface area contributed by atoms with Crippen molar-refractivity contribution in [3.8, 4) is 0 Å². The number of likely N-dealkylation sites (tertiary alicyclic amines) is 1. The van der Waals surface area contributed by atoms with Crippen LogP contribution in [-0.4, -0.2) is 73.6 Å². The molecule has 0 saturated carbocycles. The fraction of sp³-hybridized carbons (Fsp3) is 0.526. The van der Waals surface area contributed by atoms with Crippen LogP contribution in [0.1, 0.15) is 47.4 Å². The molecule has 28 heavy (non-hydrogen) atoms. The van der Waals surface area contributed by atoms with Crippen LogP contribution in [0.15, 0.2) is 24.4 Å². The summed E-state index contributed by atoms with van der Waals surface area (Å²) in [5.41, 5.74) is 0.436. The van der Waals surface area contributed by atoms with Crippen molar-refractivity contribution in [1.29, 1.82) is 0 Å². The summed E-state index contributed by atoms with van der Waals surface area (Å²) in [4.78, 5) is 34.7. The average Bonchev–Trinajstić information content (AvgIpc) is 3.16. The normalized spacial score (nSPS) is 19.3. The van der Waals surface area contributed by atoms with Gasteiger partial charge in [-0.3, -0.25) is 9.78 Å². The standard InChI is InChI=1S/C19H25N7O2/c1-23(2)19(28)25-10-6-4-8-15(25)17-22-21-16-13-24(11-12-26(16)17)18(27)14-7-3-5-9-20-14/h3,5,7,9,15H,4,6,8,10-13H2,1-2H3/t15-/m0/s1. The van der Waals surface area contributed by atoms with Crippen molar-refractivity contribution >= 4 is 11.9 Å². The van der Waals surface area contributed by atoms with Crippen LogP contribution >= 0.6 is 0 Å². The topological polar surface area (TPSA) is 87.5 Å². The van der Waals surface area contributed by atoms with E-state index in [1.807, 2.05) is 11.0 Å². The van der Waals surface area contributed by atoms with Crippen LogP contribution in [0.4, 0.5) is 4.79 Å². The van der Waals surface area contributed by atoms with Crippen molar-refractivity contribution in [3.05, 3.63) is 41.7 Å². The summed E-state index contributed by atoms with van der Waals surface area (Å²) in [5, 5.41) is 8.77. The number of fused-ring (bicyclic) bond motifs is 1. The summed E-state index contributed by atoms with van der Waals surface area (Å²) < 4.78 is 2.08. The summed E-state index contributed by atoms with van der Waals surface area (Å²) in [7, 11) is 3.54. The number of aromatic nitrogens is 4. The number of urea groups is 1. The van der Waals surface area contributed by atoms with E-state index in [-0.39, 0.29) is 18.0 Å². The first kappa shape index (κ1) is 18.4. The first-order chi connectivity index (χ1) is 13.6. The highest BCUT2D eigenvalue weighted by molar-refractivity contribution is 5.92. The Balaban J connectivity index is 1.55. The molecule has 2 aromatic heterocycles. The zero-order valence-electron chi connectivity index (χ0n) is 16.3. The fourth-order valence-electron chi connectivity index (χ4n) is 3.94. The van der Waals surface area contributed by atoms with E-state index in [1.54, 1.807) is 42.2 Å². The lowest BCUT2D eigenvalue weighted by molar-refractivity contribution is 0.0697. The van der Waals surface area contributed by atoms with E-state index in [9.17, 15) is 9.59 Å². The molecule has 0 aliphatic carbocycles. The third-order valence-corrected chi connectivity index (χ3v) is 5.38. The molecule has 1 atom stereocenters. The summed E-state index contributed by atoms with van der Waals surface area (Å²) >= 11 is 0. The largest absolute Gasteiger partial charge is 0.331 e. The molecular formula is C19H25N7O2. The van der Waals surface area contributed by atoms with Gasteiger partial charge in [0.15, 0.2) is 11.6 Å². The Hall–Kier alpha value is -2.97. The van der Waals surface area contributed by atoms with Gasteiger partial charge in [-0.1, -0.05) is 6.07 Å². The molecule has 4 heterocycles. The molecule has 2 aliphatic heterocycles. The number of rotatable bonds is 2. The van der Waals surface area contributed by atoms with Gasteiger partial charge in [0.2, 0.25) is 0 Å². The van der Waals surface area contributed by atoms with Gasteiger partial charge in [-0.2, -0.15) is 0 Å². The van der Waals surface area contributed by atoms with Crippen LogP contribution in [-0.2, 0) is 13.1 Å². The average molecular weight is 383 g/mol. The number of amides is 3. The zero-order chi connectivity index (χ0) is 19.7. The molecule has 9 heteroatoms. The third kappa shape index (κ3) is 3.32. The van der Waals surface area contributed by atoms with Gasteiger partial charge in [0.05, 0.1) is 12.6 Å². The van der Waals surface area contributed by atoms with Crippen LogP contribution in [0.5, 0.6) is 0 Å². The monoisotopic (exact) mass is 383 g/mol. The Bertz CT molecular complexity index is 864. The summed E-state index contributed by atoms with van der Waals surface area (Å²) in [5.74, 6) is 1.49. The second-order valence-corrected chi connectivity index (χ2v) is 7.45. The SMILES string of the molecule is CN(C)C(=O)N1CCCC[C@H]1c1nnc2n1CCN(C(=O)c1ccccn1)C2. The fourth-order valence-corrected chi connectivity index (χ4v) is 3.94. The minimum Gasteiger partial charge on any atom is -0.331 e. The van der Waals surface area contributed by atoms with Crippen LogP contribution in [0.25, 0.3) is 0 Å². The number of nitrogens with zero attached hydrogens (tertiary/aromatic N) is 7. The Morgan fingerprint density at radius 2 is 1.96 bits per heavy atom.